The van der Waals surface area contributed by atoms with E-state index in [2.05, 4.69) is 77.7 Å². The largest absolute Gasteiger partial charge is 0.462 e. The number of halogens is 1. The molecule has 0 saturated carbocycles. The second-order valence-corrected chi connectivity index (χ2v) is 12.2. The summed E-state index contributed by atoms with van der Waals surface area (Å²) in [4.78, 5) is 30.6. The second kappa shape index (κ2) is 13.0. The van der Waals surface area contributed by atoms with E-state index in [4.69, 9.17) is 19.4 Å². The van der Waals surface area contributed by atoms with E-state index in [9.17, 15) is 14.4 Å². The third-order valence-corrected chi connectivity index (χ3v) is 9.44. The van der Waals surface area contributed by atoms with E-state index < -0.39 is 17.8 Å². The Hall–Kier alpha value is -4.27. The lowest BCUT2D eigenvalue weighted by Crippen LogP contribution is -2.55. The number of rotatable bonds is 8. The fourth-order valence-electron chi connectivity index (χ4n) is 7.01. The third-order valence-electron chi connectivity index (χ3n) is 9.44. The molecule has 3 aromatic rings. The average Bonchev–Trinajstić information content (AvgIpc) is 3.42. The van der Waals surface area contributed by atoms with Crippen molar-refractivity contribution in [1.82, 2.24) is 19.8 Å². The summed E-state index contributed by atoms with van der Waals surface area (Å²) >= 11 is 0. The number of likely N-dealkylation sites (N-methyl/N-ethyl adjacent to an activating group) is 1. The van der Waals surface area contributed by atoms with Gasteiger partial charge in [-0.25, -0.2) is 4.39 Å². The Labute approximate surface area is 263 Å². The van der Waals surface area contributed by atoms with Gasteiger partial charge in [-0.3, -0.25) is 9.69 Å². The maximum absolute atomic E-state index is 13.8. The van der Waals surface area contributed by atoms with Crippen molar-refractivity contribution in [1.29, 1.82) is 5.26 Å². The summed E-state index contributed by atoms with van der Waals surface area (Å²) in [7, 11) is 3.80. The molecule has 1 amide bonds. The molecule has 2 saturated heterocycles. The average molecular weight is 614 g/mol. The first-order valence-electron chi connectivity index (χ1n) is 15.5. The number of piperazine rings is 1. The number of carbonyl (C=O) groups is 1. The van der Waals surface area contributed by atoms with Crippen LogP contribution in [0, 0.1) is 18.3 Å². The van der Waals surface area contributed by atoms with Crippen molar-refractivity contribution in [3.8, 4) is 12.1 Å². The number of aryl methyl sites for hydroxylation is 1. The van der Waals surface area contributed by atoms with E-state index in [1.807, 2.05) is 0 Å². The minimum Gasteiger partial charge on any atom is -0.462 e. The summed E-state index contributed by atoms with van der Waals surface area (Å²) in [5.74, 6) is -1.02. The van der Waals surface area contributed by atoms with Crippen molar-refractivity contribution in [2.45, 2.75) is 50.9 Å². The number of amides is 1. The third kappa shape index (κ3) is 6.17. The van der Waals surface area contributed by atoms with Crippen LogP contribution in [0.1, 0.15) is 29.7 Å². The van der Waals surface area contributed by atoms with E-state index in [0.29, 0.717) is 32.3 Å². The quantitative estimate of drug-likeness (QED) is 0.349. The van der Waals surface area contributed by atoms with Crippen LogP contribution in [0.4, 0.5) is 15.9 Å². The van der Waals surface area contributed by atoms with Crippen LogP contribution < -0.4 is 14.5 Å². The van der Waals surface area contributed by atoms with E-state index in [1.54, 1.807) is 7.11 Å². The van der Waals surface area contributed by atoms with Crippen molar-refractivity contribution in [2.24, 2.45) is 0 Å². The number of hydrogen-bond acceptors (Lipinski definition) is 9. The Morgan fingerprint density at radius 3 is 2.64 bits per heavy atom. The maximum Gasteiger partial charge on any atom is 0.318 e. The van der Waals surface area contributed by atoms with Gasteiger partial charge in [-0.05, 0) is 43.8 Å². The van der Waals surface area contributed by atoms with Gasteiger partial charge in [0.2, 0.25) is 0 Å². The number of hydrogen-bond donors (Lipinski definition) is 0. The lowest BCUT2D eigenvalue weighted by atomic mass is 9.99. The van der Waals surface area contributed by atoms with E-state index >= 15 is 0 Å². The van der Waals surface area contributed by atoms with Gasteiger partial charge in [-0.1, -0.05) is 36.9 Å². The number of anilines is 2. The van der Waals surface area contributed by atoms with Gasteiger partial charge >= 0.3 is 6.01 Å². The lowest BCUT2D eigenvalue weighted by molar-refractivity contribution is -0.131. The zero-order valence-corrected chi connectivity index (χ0v) is 26.2. The Bertz CT molecular complexity index is 1640. The predicted molar refractivity (Wildman–Crippen MR) is 171 cm³/mol. The molecular weight excluding hydrogens is 573 g/mol. The number of ether oxygens (including phenoxy) is 2. The second-order valence-electron chi connectivity index (χ2n) is 12.2. The van der Waals surface area contributed by atoms with Crippen molar-refractivity contribution < 1.29 is 18.7 Å². The van der Waals surface area contributed by atoms with Crippen LogP contribution in [0.15, 0.2) is 48.8 Å². The molecule has 0 N–H and O–H groups in total. The molecule has 3 aliphatic heterocycles. The Morgan fingerprint density at radius 2 is 1.91 bits per heavy atom. The van der Waals surface area contributed by atoms with Gasteiger partial charge < -0.3 is 24.2 Å². The molecule has 1 aromatic heterocycles. The number of likely N-dealkylation sites (tertiary alicyclic amines) is 1. The number of methoxy groups -OCH3 is 1. The highest BCUT2D eigenvalue weighted by Gasteiger charge is 2.35. The molecule has 0 spiro atoms. The van der Waals surface area contributed by atoms with E-state index in [-0.39, 0.29) is 25.1 Å². The van der Waals surface area contributed by atoms with Crippen molar-refractivity contribution in [2.75, 3.05) is 63.3 Å². The number of nitrogens with zero attached hydrogens (tertiary/aromatic N) is 7. The minimum absolute atomic E-state index is 0.0784. The van der Waals surface area contributed by atoms with Gasteiger partial charge in [0.15, 0.2) is 5.83 Å². The molecule has 0 radical (unpaired) electrons. The summed E-state index contributed by atoms with van der Waals surface area (Å²) in [6, 6.07) is 14.9. The summed E-state index contributed by atoms with van der Waals surface area (Å²) in [6.07, 6.45) is 1.83. The number of nitriles is 1. The molecule has 0 unspecified atom stereocenters. The minimum atomic E-state index is -1.02. The summed E-state index contributed by atoms with van der Waals surface area (Å²) < 4.78 is 25.7. The lowest BCUT2D eigenvalue weighted by Gasteiger charge is -2.42. The molecule has 45 heavy (non-hydrogen) atoms. The van der Waals surface area contributed by atoms with Gasteiger partial charge in [-0.15, -0.1) is 0 Å². The molecule has 2 aromatic carbocycles. The van der Waals surface area contributed by atoms with Crippen LogP contribution in [0.3, 0.4) is 0 Å². The van der Waals surface area contributed by atoms with Crippen molar-refractivity contribution >= 4 is 28.2 Å². The van der Waals surface area contributed by atoms with E-state index in [0.717, 1.165) is 43.0 Å². The first kappa shape index (κ1) is 30.7. The van der Waals surface area contributed by atoms with Crippen LogP contribution in [-0.4, -0.2) is 97.4 Å². The van der Waals surface area contributed by atoms with Crippen LogP contribution in [0.25, 0.3) is 10.8 Å². The smallest absolute Gasteiger partial charge is 0.318 e. The van der Waals surface area contributed by atoms with E-state index in [1.165, 1.54) is 26.9 Å². The van der Waals surface area contributed by atoms with Crippen LogP contribution >= 0.6 is 0 Å². The molecule has 236 valence electrons. The molecule has 0 aliphatic carbocycles. The predicted octanol–water partition coefficient (Wildman–Crippen LogP) is 4.01. The van der Waals surface area contributed by atoms with Crippen LogP contribution in [-0.2, 0) is 22.5 Å². The zero-order valence-electron chi connectivity index (χ0n) is 26.2. The highest BCUT2D eigenvalue weighted by atomic mass is 19.1. The zero-order chi connectivity index (χ0) is 31.7. The molecule has 2 fully saturated rings. The number of benzene rings is 2. The first-order valence-corrected chi connectivity index (χ1v) is 15.5. The number of aromatic nitrogens is 2. The summed E-state index contributed by atoms with van der Waals surface area (Å²) in [5.41, 5.74) is 4.33. The highest BCUT2D eigenvalue weighted by molar-refractivity contribution is 5.97. The summed E-state index contributed by atoms with van der Waals surface area (Å²) in [6.45, 7) is 9.02. The highest BCUT2D eigenvalue weighted by Crippen LogP contribution is 2.36. The number of carbonyl (C=O) groups excluding carboxylic acids is 1. The standard InChI is InChI=1S/C34H40FN7O3/c1-22-7-5-8-24-9-6-10-30(31(22)24)40-14-12-28-29(20-40)37-34(45-21-26-17-27(44-4)19-39(26)3)38-32(28)41-15-16-42(33(43)23(2)35)25(18-41)11-13-36/h5-10,25-27H,2,11-12,14-21H2,1,3-4H3/t25-,26+,27+/m0/s1. The Morgan fingerprint density at radius 1 is 1.11 bits per heavy atom. The Kier molecular flexibility index (Phi) is 8.88. The molecule has 3 atom stereocenters. The Balaban J connectivity index is 1.33. The van der Waals surface area contributed by atoms with Gasteiger partial charge in [0.05, 0.1) is 36.9 Å². The van der Waals surface area contributed by atoms with Crippen molar-refractivity contribution in [3.63, 3.8) is 0 Å². The molecule has 4 heterocycles. The molecule has 11 heteroatoms. The monoisotopic (exact) mass is 613 g/mol. The van der Waals surface area contributed by atoms with Crippen molar-refractivity contribution in [3.05, 3.63) is 65.6 Å². The molecular formula is C34H40FN7O3. The maximum atomic E-state index is 13.8. The van der Waals surface area contributed by atoms with Gasteiger partial charge in [-0.2, -0.15) is 15.2 Å². The van der Waals surface area contributed by atoms with Gasteiger partial charge in [0, 0.05) is 62.5 Å². The first-order chi connectivity index (χ1) is 21.8. The van der Waals surface area contributed by atoms with Crippen LogP contribution in [0.2, 0.25) is 0 Å². The number of fused-ring (bicyclic) bond motifs is 2. The molecule has 0 bridgehead atoms. The fourth-order valence-corrected chi connectivity index (χ4v) is 7.01. The van der Waals surface area contributed by atoms with Crippen LogP contribution in [0.5, 0.6) is 6.01 Å². The topological polar surface area (TPSA) is 98.1 Å². The normalized spacial score (nSPS) is 21.9. The molecule has 6 rings (SSSR count). The fraction of sp³-hybridized carbons (Fsp3) is 0.471. The SMILES string of the molecule is C=C(F)C(=O)N1CCN(c2nc(OC[C@H]3C[C@@H](OC)CN3C)nc3c2CCN(c2cccc4cccc(C)c24)C3)C[C@@H]1CC#N. The van der Waals surface area contributed by atoms with Gasteiger partial charge in [0.1, 0.15) is 12.4 Å². The molecule has 10 nitrogen and oxygen atoms in total. The summed E-state index contributed by atoms with van der Waals surface area (Å²) in [5, 5.41) is 12.0. The molecule has 3 aliphatic rings. The van der Waals surface area contributed by atoms with Gasteiger partial charge in [0.25, 0.3) is 5.91 Å².